The number of halogens is 2. The maximum Gasteiger partial charge on any atom is 0.303 e. The van der Waals surface area contributed by atoms with E-state index in [1.54, 1.807) is 25.4 Å². The van der Waals surface area contributed by atoms with Crippen molar-refractivity contribution >= 4 is 41.3 Å². The number of hydrogen-bond acceptors (Lipinski definition) is 4. The summed E-state index contributed by atoms with van der Waals surface area (Å²) in [5.41, 5.74) is 4.02. The van der Waals surface area contributed by atoms with E-state index in [4.69, 9.17) is 37.8 Å². The van der Waals surface area contributed by atoms with Gasteiger partial charge in [0, 0.05) is 39.9 Å². The second-order valence-electron chi connectivity index (χ2n) is 8.21. The van der Waals surface area contributed by atoms with E-state index in [2.05, 4.69) is 21.8 Å². The second kappa shape index (κ2) is 12.9. The Morgan fingerprint density at radius 2 is 1.79 bits per heavy atom. The number of nitrogens with zero attached hydrogens (tertiary/aromatic N) is 1. The number of aliphatic carboxylic acids is 1. The van der Waals surface area contributed by atoms with E-state index in [0.717, 1.165) is 27.9 Å². The highest BCUT2D eigenvalue weighted by Crippen LogP contribution is 2.29. The van der Waals surface area contributed by atoms with E-state index in [-0.39, 0.29) is 6.42 Å². The zero-order chi connectivity index (χ0) is 26.9. The van der Waals surface area contributed by atoms with Gasteiger partial charge in [-0.1, -0.05) is 35.0 Å². The molecule has 4 aromatic rings. The monoisotopic (exact) mass is 546 g/mol. The molecule has 0 fully saturated rings. The third-order valence-electron chi connectivity index (χ3n) is 5.46. The van der Waals surface area contributed by atoms with Crippen LogP contribution in [0.15, 0.2) is 66.9 Å². The van der Waals surface area contributed by atoms with Crippen LogP contribution in [0.4, 0.5) is 0 Å². The molecule has 6 nitrogen and oxygen atoms in total. The van der Waals surface area contributed by atoms with Crippen LogP contribution in [-0.2, 0) is 4.79 Å². The van der Waals surface area contributed by atoms with Crippen molar-refractivity contribution in [3.8, 4) is 34.6 Å². The molecule has 1 heterocycles. The highest BCUT2D eigenvalue weighted by Gasteiger charge is 2.08. The summed E-state index contributed by atoms with van der Waals surface area (Å²) in [6.45, 7) is 0.355. The summed E-state index contributed by atoms with van der Waals surface area (Å²) in [5.74, 6) is 7.55. The lowest BCUT2D eigenvalue weighted by Crippen LogP contribution is -2.01. The molecule has 0 aliphatic heterocycles. The molecule has 38 heavy (non-hydrogen) atoms. The number of carboxylic acid groups (broad SMARTS) is 1. The lowest BCUT2D eigenvalue weighted by molar-refractivity contribution is -0.137. The summed E-state index contributed by atoms with van der Waals surface area (Å²) in [4.78, 5) is 18.3. The molecule has 1 aromatic heterocycles. The van der Waals surface area contributed by atoms with E-state index < -0.39 is 5.97 Å². The van der Waals surface area contributed by atoms with E-state index >= 15 is 0 Å². The maximum absolute atomic E-state index is 10.6. The molecule has 4 rings (SSSR count). The van der Waals surface area contributed by atoms with Crippen molar-refractivity contribution in [1.29, 1.82) is 0 Å². The van der Waals surface area contributed by atoms with Gasteiger partial charge in [-0.3, -0.25) is 4.79 Å². The van der Waals surface area contributed by atoms with Gasteiger partial charge in [-0.05, 0) is 79.2 Å². The Bertz CT molecular complexity index is 1520. The van der Waals surface area contributed by atoms with Gasteiger partial charge in [0.2, 0.25) is 0 Å². The number of nitrogens with one attached hydrogen (secondary N) is 1. The number of rotatable bonds is 9. The smallest absolute Gasteiger partial charge is 0.303 e. The quantitative estimate of drug-likeness (QED) is 0.171. The number of carboxylic acids is 1. The fourth-order valence-corrected chi connectivity index (χ4v) is 4.07. The summed E-state index contributed by atoms with van der Waals surface area (Å²) in [6.07, 6.45) is 6.11. The molecule has 0 saturated carbocycles. The van der Waals surface area contributed by atoms with Gasteiger partial charge in [-0.15, -0.1) is 0 Å². The van der Waals surface area contributed by atoms with E-state index in [0.29, 0.717) is 40.4 Å². The van der Waals surface area contributed by atoms with Crippen LogP contribution < -0.4 is 9.47 Å². The van der Waals surface area contributed by atoms with Gasteiger partial charge in [-0.2, -0.15) is 0 Å². The first-order chi connectivity index (χ1) is 18.4. The van der Waals surface area contributed by atoms with E-state index in [9.17, 15) is 4.79 Å². The fraction of sp³-hybridized carbons (Fsp3) is 0.133. The number of hydrogen-bond donors (Lipinski definition) is 2. The summed E-state index contributed by atoms with van der Waals surface area (Å²) >= 11 is 12.3. The van der Waals surface area contributed by atoms with Crippen LogP contribution in [0.3, 0.4) is 0 Å². The Balaban J connectivity index is 1.45. The number of ether oxygens (including phenoxy) is 2. The van der Waals surface area contributed by atoms with Gasteiger partial charge in [0.25, 0.3) is 0 Å². The standard InChI is InChI=1S/C30H24Cl2N2O4/c1-37-28-14-8-21(5-4-20-6-11-24(12-7-20)38-16-2-3-30(35)36)17-22(28)9-15-29-33-19-27(34-29)25-13-10-23(31)18-26(25)32/h6-15,17-19H,2-3,16H2,1H3,(H,33,34)(H,35,36). The molecule has 2 N–H and O–H groups in total. The average Bonchev–Trinajstić information content (AvgIpc) is 3.38. The zero-order valence-corrected chi connectivity index (χ0v) is 22.0. The van der Waals surface area contributed by atoms with Crippen molar-refractivity contribution < 1.29 is 19.4 Å². The Hall–Kier alpha value is -4.18. The minimum Gasteiger partial charge on any atom is -0.496 e. The van der Waals surface area contributed by atoms with E-state index in [1.165, 1.54) is 0 Å². The Kier molecular flexibility index (Phi) is 9.10. The minimum absolute atomic E-state index is 0.0867. The first kappa shape index (κ1) is 26.9. The van der Waals surface area contributed by atoms with Gasteiger partial charge in [-0.25, -0.2) is 4.98 Å². The average molecular weight is 547 g/mol. The van der Waals surface area contributed by atoms with Gasteiger partial charge >= 0.3 is 5.97 Å². The van der Waals surface area contributed by atoms with E-state index in [1.807, 2.05) is 60.7 Å². The molecule has 0 aliphatic rings. The lowest BCUT2D eigenvalue weighted by Gasteiger charge is -2.05. The van der Waals surface area contributed by atoms with Gasteiger partial charge in [0.1, 0.15) is 17.3 Å². The van der Waals surface area contributed by atoms with Crippen LogP contribution in [0.1, 0.15) is 35.4 Å². The fourth-order valence-electron chi connectivity index (χ4n) is 3.56. The molecule has 3 aromatic carbocycles. The Labute approximate surface area is 230 Å². The molecule has 0 saturated heterocycles. The highest BCUT2D eigenvalue weighted by atomic mass is 35.5. The topological polar surface area (TPSA) is 84.4 Å². The third kappa shape index (κ3) is 7.42. The maximum atomic E-state index is 10.6. The van der Waals surface area contributed by atoms with Crippen LogP contribution in [0.2, 0.25) is 10.0 Å². The van der Waals surface area contributed by atoms with Crippen molar-refractivity contribution in [1.82, 2.24) is 9.97 Å². The molecule has 192 valence electrons. The molecule has 0 bridgehead atoms. The summed E-state index contributed by atoms with van der Waals surface area (Å²) in [7, 11) is 1.62. The number of imidazole rings is 1. The third-order valence-corrected chi connectivity index (χ3v) is 6.01. The molecule has 0 aliphatic carbocycles. The number of H-pyrrole nitrogens is 1. The van der Waals surface area contributed by atoms with Crippen molar-refractivity contribution in [3.05, 3.63) is 99.4 Å². The number of benzene rings is 3. The highest BCUT2D eigenvalue weighted by molar-refractivity contribution is 6.36. The predicted molar refractivity (Wildman–Crippen MR) is 151 cm³/mol. The first-order valence-corrected chi connectivity index (χ1v) is 12.5. The second-order valence-corrected chi connectivity index (χ2v) is 9.05. The van der Waals surface area contributed by atoms with Crippen LogP contribution in [0, 0.1) is 11.8 Å². The lowest BCUT2D eigenvalue weighted by atomic mass is 10.1. The number of aromatic amines is 1. The minimum atomic E-state index is -0.828. The van der Waals surface area contributed by atoms with Gasteiger partial charge in [0.05, 0.1) is 24.4 Å². The predicted octanol–water partition coefficient (Wildman–Crippen LogP) is 7.21. The van der Waals surface area contributed by atoms with Crippen molar-refractivity contribution in [2.24, 2.45) is 0 Å². The van der Waals surface area contributed by atoms with Gasteiger partial charge in [0.15, 0.2) is 0 Å². The van der Waals surface area contributed by atoms with Gasteiger partial charge < -0.3 is 19.6 Å². The molecule has 0 atom stereocenters. The molecule has 0 unspecified atom stereocenters. The number of methoxy groups -OCH3 is 1. The van der Waals surface area contributed by atoms with Crippen molar-refractivity contribution in [3.63, 3.8) is 0 Å². The molecule has 8 heteroatoms. The SMILES string of the molecule is COc1ccc(C#Cc2ccc(OCCCC(=O)O)cc2)cc1C=Cc1nc(-c2ccc(Cl)cc2Cl)c[nH]1. The largest absolute Gasteiger partial charge is 0.496 e. The summed E-state index contributed by atoms with van der Waals surface area (Å²) in [5, 5.41) is 9.79. The number of carbonyl (C=O) groups is 1. The van der Waals surface area contributed by atoms with Crippen molar-refractivity contribution in [2.45, 2.75) is 12.8 Å². The molecule has 0 radical (unpaired) electrons. The first-order valence-electron chi connectivity index (χ1n) is 11.7. The zero-order valence-electron chi connectivity index (χ0n) is 20.5. The summed E-state index contributed by atoms with van der Waals surface area (Å²) in [6, 6.07) is 18.4. The number of aromatic nitrogens is 2. The van der Waals surface area contributed by atoms with Crippen molar-refractivity contribution in [2.75, 3.05) is 13.7 Å². The van der Waals surface area contributed by atoms with Crippen LogP contribution in [0.25, 0.3) is 23.4 Å². The van der Waals surface area contributed by atoms with Crippen LogP contribution in [-0.4, -0.2) is 34.8 Å². The molecular formula is C30H24Cl2N2O4. The van der Waals surface area contributed by atoms with Crippen LogP contribution >= 0.6 is 23.2 Å². The molecule has 0 amide bonds. The van der Waals surface area contributed by atoms with Crippen LogP contribution in [0.5, 0.6) is 11.5 Å². The summed E-state index contributed by atoms with van der Waals surface area (Å²) < 4.78 is 11.1. The Morgan fingerprint density at radius 1 is 1.03 bits per heavy atom. The Morgan fingerprint density at radius 3 is 2.53 bits per heavy atom. The molecule has 0 spiro atoms. The molecular weight excluding hydrogens is 523 g/mol. The normalized spacial score (nSPS) is 10.7.